The highest BCUT2D eigenvalue weighted by Crippen LogP contribution is 2.13. The number of aryl methyl sites for hydroxylation is 2. The van der Waals surface area contributed by atoms with Gasteiger partial charge in [-0.2, -0.15) is 0 Å². The molecule has 0 radical (unpaired) electrons. The number of benzene rings is 1. The van der Waals surface area contributed by atoms with Gasteiger partial charge in [0.05, 0.1) is 13.2 Å². The lowest BCUT2D eigenvalue weighted by Crippen LogP contribution is -2.19. The topological polar surface area (TPSA) is 58.6 Å². The van der Waals surface area contributed by atoms with Gasteiger partial charge < -0.3 is 15.2 Å². The first-order chi connectivity index (χ1) is 7.61. The normalized spacial score (nSPS) is 10.2. The zero-order valence-electron chi connectivity index (χ0n) is 9.62. The lowest BCUT2D eigenvalue weighted by Gasteiger charge is -2.07. The Hall–Kier alpha value is -1.39. The zero-order chi connectivity index (χ0) is 12.0. The standard InChI is InChI=1S/C12H17NO3/c1-9-5-10(2)7-11(6-9)13-12(15)8-16-4-3-14/h5-7,14H,3-4,8H2,1-2H3,(H,13,15). The Labute approximate surface area is 95.2 Å². The molecule has 1 amide bonds. The minimum absolute atomic E-state index is 0.0342. The van der Waals surface area contributed by atoms with Gasteiger partial charge >= 0.3 is 0 Å². The molecule has 1 aromatic rings. The maximum Gasteiger partial charge on any atom is 0.250 e. The second-order valence-corrected chi connectivity index (χ2v) is 3.70. The van der Waals surface area contributed by atoms with Crippen LogP contribution in [0.5, 0.6) is 0 Å². The van der Waals surface area contributed by atoms with Crippen molar-refractivity contribution in [1.82, 2.24) is 0 Å². The first-order valence-corrected chi connectivity index (χ1v) is 5.18. The number of amides is 1. The van der Waals surface area contributed by atoms with Crippen LogP contribution < -0.4 is 5.32 Å². The van der Waals surface area contributed by atoms with E-state index in [1.54, 1.807) is 0 Å². The van der Waals surface area contributed by atoms with Crippen LogP contribution in [0.4, 0.5) is 5.69 Å². The fraction of sp³-hybridized carbons (Fsp3) is 0.417. The minimum atomic E-state index is -0.210. The van der Waals surface area contributed by atoms with Gasteiger partial charge in [-0.05, 0) is 37.1 Å². The summed E-state index contributed by atoms with van der Waals surface area (Å²) >= 11 is 0. The van der Waals surface area contributed by atoms with E-state index in [4.69, 9.17) is 9.84 Å². The molecule has 0 saturated heterocycles. The van der Waals surface area contributed by atoms with Gasteiger partial charge in [-0.3, -0.25) is 4.79 Å². The Morgan fingerprint density at radius 3 is 2.50 bits per heavy atom. The summed E-state index contributed by atoms with van der Waals surface area (Å²) in [6, 6.07) is 5.84. The van der Waals surface area contributed by atoms with Gasteiger partial charge in [-0.25, -0.2) is 0 Å². The van der Waals surface area contributed by atoms with Crippen molar-refractivity contribution in [3.05, 3.63) is 29.3 Å². The summed E-state index contributed by atoms with van der Waals surface area (Å²) in [5.74, 6) is -0.210. The summed E-state index contributed by atoms with van der Waals surface area (Å²) < 4.78 is 4.92. The van der Waals surface area contributed by atoms with E-state index < -0.39 is 0 Å². The second-order valence-electron chi connectivity index (χ2n) is 3.70. The number of nitrogens with one attached hydrogen (secondary N) is 1. The molecule has 1 aromatic carbocycles. The Bertz CT molecular complexity index is 343. The summed E-state index contributed by atoms with van der Waals surface area (Å²) in [4.78, 5) is 11.4. The van der Waals surface area contributed by atoms with Gasteiger partial charge in [-0.15, -0.1) is 0 Å². The maximum absolute atomic E-state index is 11.4. The molecule has 0 bridgehead atoms. The van der Waals surface area contributed by atoms with Crippen LogP contribution in [0.1, 0.15) is 11.1 Å². The first-order valence-electron chi connectivity index (χ1n) is 5.18. The maximum atomic E-state index is 11.4. The number of hydrogen-bond donors (Lipinski definition) is 2. The van der Waals surface area contributed by atoms with Crippen LogP contribution in [-0.2, 0) is 9.53 Å². The fourth-order valence-corrected chi connectivity index (χ4v) is 1.47. The van der Waals surface area contributed by atoms with Crippen LogP contribution in [0.3, 0.4) is 0 Å². The molecule has 4 nitrogen and oxygen atoms in total. The van der Waals surface area contributed by atoms with Crippen LogP contribution in [0.25, 0.3) is 0 Å². The number of rotatable bonds is 5. The molecule has 0 aliphatic rings. The van der Waals surface area contributed by atoms with E-state index in [0.717, 1.165) is 16.8 Å². The number of carbonyl (C=O) groups excluding carboxylic acids is 1. The summed E-state index contributed by atoms with van der Waals surface area (Å²) in [6.07, 6.45) is 0. The van der Waals surface area contributed by atoms with E-state index in [1.165, 1.54) is 0 Å². The van der Waals surface area contributed by atoms with Gasteiger partial charge in [0, 0.05) is 5.69 Å². The molecule has 1 rings (SSSR count). The van der Waals surface area contributed by atoms with Gasteiger partial charge in [0.1, 0.15) is 6.61 Å². The molecule has 0 spiro atoms. The SMILES string of the molecule is Cc1cc(C)cc(NC(=O)COCCO)c1. The molecular weight excluding hydrogens is 206 g/mol. The third-order valence-electron chi connectivity index (χ3n) is 1.97. The van der Waals surface area contributed by atoms with E-state index in [2.05, 4.69) is 5.32 Å². The van der Waals surface area contributed by atoms with Gasteiger partial charge in [0.25, 0.3) is 0 Å². The lowest BCUT2D eigenvalue weighted by atomic mass is 10.1. The van der Waals surface area contributed by atoms with Crippen molar-refractivity contribution in [3.63, 3.8) is 0 Å². The summed E-state index contributed by atoms with van der Waals surface area (Å²) in [6.45, 7) is 4.03. The summed E-state index contributed by atoms with van der Waals surface area (Å²) in [5.41, 5.74) is 2.98. The van der Waals surface area contributed by atoms with Crippen molar-refractivity contribution >= 4 is 11.6 Å². The van der Waals surface area contributed by atoms with Gasteiger partial charge in [-0.1, -0.05) is 6.07 Å². The average molecular weight is 223 g/mol. The lowest BCUT2D eigenvalue weighted by molar-refractivity contribution is -0.120. The molecule has 0 aliphatic carbocycles. The quantitative estimate of drug-likeness (QED) is 0.739. The molecule has 0 heterocycles. The van der Waals surface area contributed by atoms with E-state index >= 15 is 0 Å². The summed E-state index contributed by atoms with van der Waals surface area (Å²) in [5, 5.41) is 11.2. The molecule has 0 atom stereocenters. The highest BCUT2D eigenvalue weighted by molar-refractivity contribution is 5.91. The van der Waals surface area contributed by atoms with E-state index in [9.17, 15) is 4.79 Å². The van der Waals surface area contributed by atoms with Crippen molar-refractivity contribution in [2.45, 2.75) is 13.8 Å². The third-order valence-corrected chi connectivity index (χ3v) is 1.97. The van der Waals surface area contributed by atoms with Gasteiger partial charge in [0.15, 0.2) is 0 Å². The molecule has 0 unspecified atom stereocenters. The van der Waals surface area contributed by atoms with Crippen LogP contribution in [0.2, 0.25) is 0 Å². The van der Waals surface area contributed by atoms with E-state index in [0.29, 0.717) is 0 Å². The van der Waals surface area contributed by atoms with Crippen molar-refractivity contribution in [1.29, 1.82) is 0 Å². The van der Waals surface area contributed by atoms with E-state index in [-0.39, 0.29) is 25.7 Å². The number of hydrogen-bond acceptors (Lipinski definition) is 3. The number of ether oxygens (including phenoxy) is 1. The molecule has 0 aliphatic heterocycles. The first kappa shape index (κ1) is 12.7. The zero-order valence-corrected chi connectivity index (χ0v) is 9.62. The number of carbonyl (C=O) groups is 1. The molecule has 0 saturated carbocycles. The van der Waals surface area contributed by atoms with Gasteiger partial charge in [0.2, 0.25) is 5.91 Å². The third kappa shape index (κ3) is 4.42. The van der Waals surface area contributed by atoms with Crippen LogP contribution in [0.15, 0.2) is 18.2 Å². The molecule has 2 N–H and O–H groups in total. The largest absolute Gasteiger partial charge is 0.394 e. The molecule has 0 fully saturated rings. The van der Waals surface area contributed by atoms with Crippen molar-refractivity contribution in [3.8, 4) is 0 Å². The molecule has 0 aromatic heterocycles. The fourth-order valence-electron chi connectivity index (χ4n) is 1.47. The predicted molar refractivity (Wildman–Crippen MR) is 62.5 cm³/mol. The monoisotopic (exact) mass is 223 g/mol. The van der Waals surface area contributed by atoms with Crippen LogP contribution in [-0.4, -0.2) is 30.8 Å². The summed E-state index contributed by atoms with van der Waals surface area (Å²) in [7, 11) is 0. The molecule has 16 heavy (non-hydrogen) atoms. The molecular formula is C12H17NO3. The van der Waals surface area contributed by atoms with Crippen LogP contribution >= 0.6 is 0 Å². The predicted octanol–water partition coefficient (Wildman–Crippen LogP) is 1.25. The number of aliphatic hydroxyl groups excluding tert-OH is 1. The average Bonchev–Trinajstić information content (AvgIpc) is 2.16. The second kappa shape index (κ2) is 6.25. The van der Waals surface area contributed by atoms with E-state index in [1.807, 2.05) is 32.0 Å². The Morgan fingerprint density at radius 1 is 1.31 bits per heavy atom. The van der Waals surface area contributed by atoms with Crippen molar-refractivity contribution < 1.29 is 14.6 Å². The minimum Gasteiger partial charge on any atom is -0.394 e. The highest BCUT2D eigenvalue weighted by atomic mass is 16.5. The Balaban J connectivity index is 2.49. The Morgan fingerprint density at radius 2 is 1.94 bits per heavy atom. The number of anilines is 1. The van der Waals surface area contributed by atoms with Crippen molar-refractivity contribution in [2.24, 2.45) is 0 Å². The highest BCUT2D eigenvalue weighted by Gasteiger charge is 2.03. The smallest absolute Gasteiger partial charge is 0.250 e. The number of aliphatic hydroxyl groups is 1. The van der Waals surface area contributed by atoms with Crippen LogP contribution in [0, 0.1) is 13.8 Å². The Kier molecular flexibility index (Phi) is 4.95. The van der Waals surface area contributed by atoms with Crippen molar-refractivity contribution in [2.75, 3.05) is 25.1 Å². The molecule has 4 heteroatoms. The molecule has 88 valence electrons.